The molecule has 98 valence electrons. The van der Waals surface area contributed by atoms with Gasteiger partial charge in [0.2, 0.25) is 0 Å². The molecule has 6 heteroatoms. The molecule has 1 atom stereocenters. The molecular formula is C12H16IN3O2. The quantitative estimate of drug-likeness (QED) is 0.623. The van der Waals surface area contributed by atoms with Crippen LogP contribution in [0.5, 0.6) is 0 Å². The average molecular weight is 361 g/mol. The minimum Gasteiger partial charge on any atom is -0.453 e. The third-order valence-electron chi connectivity index (χ3n) is 3.01. The van der Waals surface area contributed by atoms with E-state index in [0.29, 0.717) is 0 Å². The van der Waals surface area contributed by atoms with Crippen LogP contribution in [-0.4, -0.2) is 32.3 Å². The number of anilines is 2. The van der Waals surface area contributed by atoms with Crippen molar-refractivity contribution in [3.63, 3.8) is 0 Å². The highest BCUT2D eigenvalue weighted by atomic mass is 127. The molecule has 0 aromatic heterocycles. The standard InChI is InChI=1S/C12H16IN3O2/c1-18-12(17)15-9-4-5-16(7-9)11-3-2-8(14)6-10(11)13/h2-3,6,9H,4-5,7,14H2,1H3,(H,15,17). The summed E-state index contributed by atoms with van der Waals surface area (Å²) in [5, 5.41) is 2.83. The highest BCUT2D eigenvalue weighted by molar-refractivity contribution is 14.1. The number of alkyl carbamates (subject to hydrolysis) is 1. The Balaban J connectivity index is 2.02. The number of amides is 1. The van der Waals surface area contributed by atoms with E-state index in [1.807, 2.05) is 18.2 Å². The lowest BCUT2D eigenvalue weighted by atomic mass is 10.2. The van der Waals surface area contributed by atoms with E-state index in [1.54, 1.807) is 0 Å². The van der Waals surface area contributed by atoms with Gasteiger partial charge in [-0.25, -0.2) is 4.79 Å². The van der Waals surface area contributed by atoms with E-state index in [4.69, 9.17) is 5.73 Å². The predicted molar refractivity (Wildman–Crippen MR) is 79.7 cm³/mol. The fourth-order valence-electron chi connectivity index (χ4n) is 2.10. The van der Waals surface area contributed by atoms with Crippen molar-refractivity contribution in [3.05, 3.63) is 21.8 Å². The summed E-state index contributed by atoms with van der Waals surface area (Å²) in [6.07, 6.45) is 0.559. The van der Waals surface area contributed by atoms with Crippen LogP contribution in [-0.2, 0) is 4.74 Å². The molecule has 5 nitrogen and oxygen atoms in total. The third kappa shape index (κ3) is 2.98. The summed E-state index contributed by atoms with van der Waals surface area (Å²) in [7, 11) is 1.38. The summed E-state index contributed by atoms with van der Waals surface area (Å²) in [6, 6.07) is 6.03. The minimum atomic E-state index is -0.367. The SMILES string of the molecule is COC(=O)NC1CCN(c2ccc(N)cc2I)C1. The zero-order valence-electron chi connectivity index (χ0n) is 10.1. The van der Waals surface area contributed by atoms with Gasteiger partial charge in [-0.15, -0.1) is 0 Å². The molecule has 18 heavy (non-hydrogen) atoms. The first-order chi connectivity index (χ1) is 8.60. The zero-order valence-corrected chi connectivity index (χ0v) is 12.3. The van der Waals surface area contributed by atoms with Gasteiger partial charge >= 0.3 is 6.09 Å². The van der Waals surface area contributed by atoms with Crippen molar-refractivity contribution in [3.8, 4) is 0 Å². The minimum absolute atomic E-state index is 0.144. The molecule has 0 bridgehead atoms. The summed E-state index contributed by atoms with van der Waals surface area (Å²) in [4.78, 5) is 13.4. The molecule has 1 amide bonds. The number of nitrogens with two attached hydrogens (primary N) is 1. The van der Waals surface area contributed by atoms with Crippen molar-refractivity contribution in [2.75, 3.05) is 30.8 Å². The van der Waals surface area contributed by atoms with Gasteiger partial charge in [-0.1, -0.05) is 0 Å². The van der Waals surface area contributed by atoms with Gasteiger partial charge in [0, 0.05) is 22.3 Å². The van der Waals surface area contributed by atoms with E-state index < -0.39 is 0 Å². The van der Waals surface area contributed by atoms with E-state index in [9.17, 15) is 4.79 Å². The lowest BCUT2D eigenvalue weighted by Gasteiger charge is -2.20. The predicted octanol–water partition coefficient (Wildman–Crippen LogP) is 1.81. The van der Waals surface area contributed by atoms with Crippen LogP contribution in [0.25, 0.3) is 0 Å². The van der Waals surface area contributed by atoms with E-state index >= 15 is 0 Å². The number of ether oxygens (including phenoxy) is 1. The van der Waals surface area contributed by atoms with Gasteiger partial charge in [-0.3, -0.25) is 0 Å². The molecule has 1 heterocycles. The van der Waals surface area contributed by atoms with Crippen molar-refractivity contribution < 1.29 is 9.53 Å². The smallest absolute Gasteiger partial charge is 0.407 e. The number of hydrogen-bond donors (Lipinski definition) is 2. The Morgan fingerprint density at radius 2 is 2.39 bits per heavy atom. The van der Waals surface area contributed by atoms with E-state index in [1.165, 1.54) is 12.8 Å². The number of hydrogen-bond acceptors (Lipinski definition) is 4. The molecule has 0 saturated carbocycles. The highest BCUT2D eigenvalue weighted by Crippen LogP contribution is 2.27. The number of rotatable bonds is 2. The third-order valence-corrected chi connectivity index (χ3v) is 3.87. The molecule has 0 aliphatic carbocycles. The Bertz CT molecular complexity index is 453. The zero-order chi connectivity index (χ0) is 13.1. The van der Waals surface area contributed by atoms with Crippen LogP contribution in [0, 0.1) is 3.57 Å². The second-order valence-corrected chi connectivity index (χ2v) is 5.44. The fourth-order valence-corrected chi connectivity index (χ4v) is 2.98. The van der Waals surface area contributed by atoms with Crippen LogP contribution < -0.4 is 16.0 Å². The molecule has 1 aliphatic heterocycles. The van der Waals surface area contributed by atoms with Crippen LogP contribution in [0.1, 0.15) is 6.42 Å². The number of methoxy groups -OCH3 is 1. The van der Waals surface area contributed by atoms with Crippen LogP contribution in [0.3, 0.4) is 0 Å². The van der Waals surface area contributed by atoms with E-state index in [0.717, 1.165) is 28.8 Å². The van der Waals surface area contributed by atoms with Crippen molar-refractivity contribution >= 4 is 40.1 Å². The summed E-state index contributed by atoms with van der Waals surface area (Å²) in [5.41, 5.74) is 7.68. The van der Waals surface area contributed by atoms with Gasteiger partial charge in [0.15, 0.2) is 0 Å². The van der Waals surface area contributed by atoms with Crippen molar-refractivity contribution in [1.29, 1.82) is 0 Å². The molecule has 1 unspecified atom stereocenters. The molecule has 1 fully saturated rings. The second kappa shape index (κ2) is 5.64. The number of nitrogens with one attached hydrogen (secondary N) is 1. The van der Waals surface area contributed by atoms with Crippen molar-refractivity contribution in [1.82, 2.24) is 5.32 Å². The van der Waals surface area contributed by atoms with E-state index in [-0.39, 0.29) is 12.1 Å². The van der Waals surface area contributed by atoms with Crippen molar-refractivity contribution in [2.24, 2.45) is 0 Å². The number of carbonyl (C=O) groups is 1. The number of halogens is 1. The highest BCUT2D eigenvalue weighted by Gasteiger charge is 2.25. The maximum Gasteiger partial charge on any atom is 0.407 e. The average Bonchev–Trinajstić information content (AvgIpc) is 2.77. The maximum absolute atomic E-state index is 11.2. The number of nitrogens with zero attached hydrogens (tertiary/aromatic N) is 1. The first-order valence-electron chi connectivity index (χ1n) is 5.74. The summed E-state index contributed by atoms with van der Waals surface area (Å²) < 4.78 is 5.74. The molecular weight excluding hydrogens is 345 g/mol. The Morgan fingerprint density at radius 3 is 3.06 bits per heavy atom. The Labute approximate surface area is 120 Å². The molecule has 1 aromatic rings. The largest absolute Gasteiger partial charge is 0.453 e. The van der Waals surface area contributed by atoms with Crippen LogP contribution >= 0.6 is 22.6 Å². The number of carbonyl (C=O) groups excluding carboxylic acids is 1. The van der Waals surface area contributed by atoms with Gasteiger partial charge in [0.25, 0.3) is 0 Å². The molecule has 0 radical (unpaired) electrons. The van der Waals surface area contributed by atoms with Gasteiger partial charge in [-0.2, -0.15) is 0 Å². The molecule has 1 saturated heterocycles. The van der Waals surface area contributed by atoms with E-state index in [2.05, 4.69) is 37.5 Å². The summed E-state index contributed by atoms with van der Waals surface area (Å²) >= 11 is 2.28. The molecule has 0 spiro atoms. The first kappa shape index (κ1) is 13.3. The van der Waals surface area contributed by atoms with Crippen molar-refractivity contribution in [2.45, 2.75) is 12.5 Å². The molecule has 3 N–H and O–H groups in total. The second-order valence-electron chi connectivity index (χ2n) is 4.28. The maximum atomic E-state index is 11.2. The Kier molecular flexibility index (Phi) is 4.15. The number of benzene rings is 1. The Hall–Kier alpha value is -1.18. The molecule has 1 aromatic carbocycles. The summed E-state index contributed by atoms with van der Waals surface area (Å²) in [5.74, 6) is 0. The van der Waals surface area contributed by atoms with Gasteiger partial charge in [0.05, 0.1) is 18.8 Å². The fraction of sp³-hybridized carbons (Fsp3) is 0.417. The lowest BCUT2D eigenvalue weighted by Crippen LogP contribution is -2.37. The van der Waals surface area contributed by atoms with Crippen LogP contribution in [0.4, 0.5) is 16.2 Å². The first-order valence-corrected chi connectivity index (χ1v) is 6.82. The number of nitrogen functional groups attached to an aromatic ring is 1. The normalized spacial score (nSPS) is 18.8. The topological polar surface area (TPSA) is 67.6 Å². The monoisotopic (exact) mass is 361 g/mol. The molecule has 1 aliphatic rings. The lowest BCUT2D eigenvalue weighted by molar-refractivity contribution is 0.167. The van der Waals surface area contributed by atoms with Crippen LogP contribution in [0.15, 0.2) is 18.2 Å². The summed E-state index contributed by atoms with van der Waals surface area (Å²) in [6.45, 7) is 1.73. The van der Waals surface area contributed by atoms with Gasteiger partial charge in [0.1, 0.15) is 0 Å². The van der Waals surface area contributed by atoms with Gasteiger partial charge in [-0.05, 0) is 47.2 Å². The Morgan fingerprint density at radius 1 is 1.61 bits per heavy atom. The van der Waals surface area contributed by atoms with Crippen LogP contribution in [0.2, 0.25) is 0 Å². The van der Waals surface area contributed by atoms with Gasteiger partial charge < -0.3 is 20.7 Å². The molecule has 2 rings (SSSR count).